The second-order valence-electron chi connectivity index (χ2n) is 22.2. The lowest BCUT2D eigenvalue weighted by Gasteiger charge is -2.40. The Labute approximate surface area is 456 Å². The van der Waals surface area contributed by atoms with Gasteiger partial charge in [-0.25, -0.2) is 0 Å². The van der Waals surface area contributed by atoms with E-state index in [9.17, 15) is 30.3 Å². The van der Waals surface area contributed by atoms with E-state index in [1.165, 1.54) is 231 Å². The van der Waals surface area contributed by atoms with Crippen molar-refractivity contribution in [2.75, 3.05) is 13.2 Å². The highest BCUT2D eigenvalue weighted by Gasteiger charge is 2.44. The van der Waals surface area contributed by atoms with E-state index >= 15 is 0 Å². The number of amides is 1. The van der Waals surface area contributed by atoms with E-state index in [4.69, 9.17) is 9.47 Å². The zero-order chi connectivity index (χ0) is 53.6. The maximum atomic E-state index is 13.1. The Hall–Kier alpha value is -1.85. The van der Waals surface area contributed by atoms with Crippen molar-refractivity contribution in [2.24, 2.45) is 0 Å². The molecule has 1 heterocycles. The fourth-order valence-corrected chi connectivity index (χ4v) is 10.1. The smallest absolute Gasteiger partial charge is 0.220 e. The molecule has 0 spiro atoms. The number of unbranched alkanes of at least 4 members (excludes halogenated alkanes) is 39. The molecule has 434 valence electrons. The summed E-state index contributed by atoms with van der Waals surface area (Å²) in [5, 5.41) is 54.5. The number of rotatable bonds is 55. The van der Waals surface area contributed by atoms with E-state index in [1.54, 1.807) is 6.08 Å². The minimum atomic E-state index is -1.57. The number of allylic oxidation sites excluding steroid dienone is 7. The molecule has 1 aliphatic rings. The Kier molecular flexibility index (Phi) is 51.7. The van der Waals surface area contributed by atoms with Gasteiger partial charge in [0.05, 0.1) is 25.4 Å². The largest absolute Gasteiger partial charge is 0.394 e. The molecular formula is C65H121NO8. The van der Waals surface area contributed by atoms with Gasteiger partial charge in [-0.1, -0.05) is 274 Å². The van der Waals surface area contributed by atoms with Crippen molar-refractivity contribution in [1.82, 2.24) is 5.32 Å². The van der Waals surface area contributed by atoms with Gasteiger partial charge in [0.1, 0.15) is 24.4 Å². The topological polar surface area (TPSA) is 149 Å². The van der Waals surface area contributed by atoms with Crippen molar-refractivity contribution in [3.63, 3.8) is 0 Å². The Bertz CT molecular complexity index is 1300. The average molecular weight is 1040 g/mol. The van der Waals surface area contributed by atoms with Gasteiger partial charge in [0.2, 0.25) is 5.91 Å². The first-order chi connectivity index (χ1) is 36.3. The zero-order valence-corrected chi connectivity index (χ0v) is 48.4. The van der Waals surface area contributed by atoms with Crippen LogP contribution < -0.4 is 5.32 Å². The number of ether oxygens (including phenoxy) is 2. The van der Waals surface area contributed by atoms with Crippen molar-refractivity contribution in [3.05, 3.63) is 48.6 Å². The second kappa shape index (κ2) is 54.5. The van der Waals surface area contributed by atoms with Crippen molar-refractivity contribution in [3.8, 4) is 0 Å². The molecule has 74 heavy (non-hydrogen) atoms. The SMILES string of the molecule is CCCCCCCC/C=C/CC/C=C/CC/C=C/C(O)C(COC1OC(CO)C(O)C(O)C1O)NC(=O)CCCCCCCCCCCCCCCCCCCCCCCCC/C=C\CCCCCCCCCC. The van der Waals surface area contributed by atoms with Crippen LogP contribution in [0.15, 0.2) is 48.6 Å². The maximum Gasteiger partial charge on any atom is 0.220 e. The molecule has 0 bridgehead atoms. The normalized spacial score (nSPS) is 19.3. The summed E-state index contributed by atoms with van der Waals surface area (Å²) in [5.74, 6) is -0.187. The van der Waals surface area contributed by atoms with Gasteiger partial charge < -0.3 is 40.3 Å². The Morgan fingerprint density at radius 1 is 0.446 bits per heavy atom. The highest BCUT2D eigenvalue weighted by Crippen LogP contribution is 2.23. The highest BCUT2D eigenvalue weighted by atomic mass is 16.7. The van der Waals surface area contributed by atoms with Crippen LogP contribution in [0.3, 0.4) is 0 Å². The van der Waals surface area contributed by atoms with E-state index in [1.807, 2.05) is 6.08 Å². The summed E-state index contributed by atoms with van der Waals surface area (Å²) in [6, 6.07) is -0.827. The van der Waals surface area contributed by atoms with Gasteiger partial charge in [-0.15, -0.1) is 0 Å². The molecule has 6 N–H and O–H groups in total. The molecule has 0 saturated carbocycles. The predicted octanol–water partition coefficient (Wildman–Crippen LogP) is 16.5. The molecule has 9 nitrogen and oxygen atoms in total. The Morgan fingerprint density at radius 2 is 0.770 bits per heavy atom. The first kappa shape index (κ1) is 70.2. The average Bonchev–Trinajstić information content (AvgIpc) is 3.40. The minimum absolute atomic E-state index is 0.187. The lowest BCUT2D eigenvalue weighted by Crippen LogP contribution is -2.60. The lowest BCUT2D eigenvalue weighted by molar-refractivity contribution is -0.302. The molecule has 0 aliphatic carbocycles. The zero-order valence-electron chi connectivity index (χ0n) is 48.4. The first-order valence-electron chi connectivity index (χ1n) is 31.9. The van der Waals surface area contributed by atoms with Gasteiger partial charge in [-0.2, -0.15) is 0 Å². The number of hydrogen-bond acceptors (Lipinski definition) is 8. The summed E-state index contributed by atoms with van der Waals surface area (Å²) in [7, 11) is 0. The number of aliphatic hydroxyl groups excluding tert-OH is 5. The van der Waals surface area contributed by atoms with Crippen LogP contribution in [0.25, 0.3) is 0 Å². The molecular weight excluding hydrogens is 923 g/mol. The van der Waals surface area contributed by atoms with Crippen molar-refractivity contribution >= 4 is 5.91 Å². The van der Waals surface area contributed by atoms with Crippen molar-refractivity contribution in [2.45, 2.75) is 346 Å². The number of hydrogen-bond donors (Lipinski definition) is 6. The number of nitrogens with one attached hydrogen (secondary N) is 1. The first-order valence-corrected chi connectivity index (χ1v) is 31.9. The van der Waals surface area contributed by atoms with Crippen LogP contribution in [-0.2, 0) is 14.3 Å². The molecule has 1 rings (SSSR count). The van der Waals surface area contributed by atoms with Crippen LogP contribution in [0.5, 0.6) is 0 Å². The van der Waals surface area contributed by atoms with Gasteiger partial charge in [-0.05, 0) is 70.6 Å². The van der Waals surface area contributed by atoms with E-state index < -0.39 is 49.5 Å². The fourth-order valence-electron chi connectivity index (χ4n) is 10.1. The molecule has 0 aromatic rings. The molecule has 0 aromatic heterocycles. The van der Waals surface area contributed by atoms with Crippen LogP contribution in [-0.4, -0.2) is 87.5 Å². The third kappa shape index (κ3) is 43.2. The van der Waals surface area contributed by atoms with Crippen molar-refractivity contribution < 1.29 is 39.8 Å². The lowest BCUT2D eigenvalue weighted by atomic mass is 9.99. The number of carbonyl (C=O) groups is 1. The highest BCUT2D eigenvalue weighted by molar-refractivity contribution is 5.76. The van der Waals surface area contributed by atoms with E-state index in [-0.39, 0.29) is 12.5 Å². The van der Waals surface area contributed by atoms with E-state index in [2.05, 4.69) is 55.6 Å². The second-order valence-corrected chi connectivity index (χ2v) is 22.2. The third-order valence-electron chi connectivity index (χ3n) is 15.1. The summed E-state index contributed by atoms with van der Waals surface area (Å²) < 4.78 is 11.3. The molecule has 7 atom stereocenters. The Morgan fingerprint density at radius 3 is 1.14 bits per heavy atom. The Balaban J connectivity index is 2.10. The van der Waals surface area contributed by atoms with Crippen LogP contribution in [0.2, 0.25) is 0 Å². The molecule has 1 saturated heterocycles. The van der Waals surface area contributed by atoms with Gasteiger partial charge in [0.25, 0.3) is 0 Å². The summed E-state index contributed by atoms with van der Waals surface area (Å²) in [5.41, 5.74) is 0. The molecule has 1 fully saturated rings. The molecule has 0 aromatic carbocycles. The molecule has 9 heteroatoms. The molecule has 7 unspecified atom stereocenters. The molecule has 1 amide bonds. The summed E-state index contributed by atoms with van der Waals surface area (Å²) in [6.45, 7) is 3.77. The molecule has 1 aliphatic heterocycles. The number of carbonyl (C=O) groups excluding carboxylic acids is 1. The van der Waals surface area contributed by atoms with Crippen LogP contribution in [0.4, 0.5) is 0 Å². The van der Waals surface area contributed by atoms with Crippen LogP contribution in [0.1, 0.15) is 303 Å². The van der Waals surface area contributed by atoms with E-state index in [0.29, 0.717) is 6.42 Å². The maximum absolute atomic E-state index is 13.1. The molecule has 0 radical (unpaired) electrons. The van der Waals surface area contributed by atoms with E-state index in [0.717, 1.165) is 51.4 Å². The minimum Gasteiger partial charge on any atom is -0.394 e. The predicted molar refractivity (Wildman–Crippen MR) is 313 cm³/mol. The van der Waals surface area contributed by atoms with Crippen LogP contribution >= 0.6 is 0 Å². The van der Waals surface area contributed by atoms with Gasteiger partial charge in [0.15, 0.2) is 6.29 Å². The van der Waals surface area contributed by atoms with Crippen LogP contribution in [0, 0.1) is 0 Å². The standard InChI is InChI=1S/C65H121NO8/c1-3-5-7-9-11-13-15-17-19-21-22-23-24-25-26-27-28-29-30-31-32-33-34-35-36-37-38-39-41-43-45-47-49-51-53-55-61(69)66-58(57-73-65-64(72)63(71)62(70)60(56-67)74-65)59(68)54-52-50-48-46-44-42-40-20-18-16-14-12-10-8-6-4-2/h18,20-22,44,46,52,54,58-60,62-65,67-68,70-72H,3-17,19,23-43,45,47-51,53,55-57H2,1-2H3,(H,66,69)/b20-18+,22-21-,46-44+,54-52+. The number of aliphatic hydroxyl groups is 5. The fraction of sp³-hybridized carbons (Fsp3) is 0.862. The quantitative estimate of drug-likeness (QED) is 0.0261. The van der Waals surface area contributed by atoms with Gasteiger partial charge in [-0.3, -0.25) is 4.79 Å². The van der Waals surface area contributed by atoms with Gasteiger partial charge in [0, 0.05) is 6.42 Å². The summed E-state index contributed by atoms with van der Waals surface area (Å²) in [4.78, 5) is 13.1. The monoisotopic (exact) mass is 1040 g/mol. The summed E-state index contributed by atoms with van der Waals surface area (Å²) in [6.07, 6.45) is 66.4. The third-order valence-corrected chi connectivity index (χ3v) is 15.1. The summed E-state index contributed by atoms with van der Waals surface area (Å²) >= 11 is 0. The van der Waals surface area contributed by atoms with Gasteiger partial charge >= 0.3 is 0 Å². The van der Waals surface area contributed by atoms with Crippen molar-refractivity contribution in [1.29, 1.82) is 0 Å².